The first-order valence-electron chi connectivity index (χ1n) is 6.96. The first kappa shape index (κ1) is 15.8. The minimum atomic E-state index is -0.360. The standard InChI is InChI=1S/C17H17FN2O2/c1-10(2)17(22)16-15(20-11(3)21)8-13(9-19-16)12-5-4-6-14(18)7-12/h4-10H,1-3H3,(H,20,21). The number of anilines is 1. The largest absolute Gasteiger partial charge is 0.324 e. The zero-order chi connectivity index (χ0) is 16.3. The molecule has 0 fully saturated rings. The van der Waals surface area contributed by atoms with E-state index in [1.807, 2.05) is 0 Å². The molecule has 114 valence electrons. The first-order chi connectivity index (χ1) is 10.4. The normalized spacial score (nSPS) is 10.6. The van der Waals surface area contributed by atoms with Gasteiger partial charge in [0.15, 0.2) is 5.78 Å². The summed E-state index contributed by atoms with van der Waals surface area (Å²) in [4.78, 5) is 27.7. The van der Waals surface area contributed by atoms with E-state index in [-0.39, 0.29) is 29.1 Å². The molecule has 1 aromatic heterocycles. The van der Waals surface area contributed by atoms with Crippen LogP contribution in [0.5, 0.6) is 0 Å². The van der Waals surface area contributed by atoms with Gasteiger partial charge in [0, 0.05) is 24.6 Å². The lowest BCUT2D eigenvalue weighted by Crippen LogP contribution is -2.16. The molecule has 0 saturated heterocycles. The summed E-state index contributed by atoms with van der Waals surface area (Å²) in [5.74, 6) is -1.05. The van der Waals surface area contributed by atoms with Crippen molar-refractivity contribution in [3.05, 3.63) is 48.0 Å². The molecular weight excluding hydrogens is 283 g/mol. The molecule has 5 heteroatoms. The topological polar surface area (TPSA) is 59.1 Å². The molecule has 0 spiro atoms. The Morgan fingerprint density at radius 3 is 2.50 bits per heavy atom. The van der Waals surface area contributed by atoms with E-state index in [4.69, 9.17) is 0 Å². The van der Waals surface area contributed by atoms with Gasteiger partial charge in [-0.05, 0) is 23.8 Å². The predicted molar refractivity (Wildman–Crippen MR) is 83.1 cm³/mol. The number of benzene rings is 1. The van der Waals surface area contributed by atoms with Gasteiger partial charge in [0.05, 0.1) is 5.69 Å². The molecule has 1 N–H and O–H groups in total. The second-order valence-electron chi connectivity index (χ2n) is 5.33. The summed E-state index contributed by atoms with van der Waals surface area (Å²) in [6.45, 7) is 4.89. The van der Waals surface area contributed by atoms with Crippen LogP contribution in [-0.4, -0.2) is 16.7 Å². The Kier molecular flexibility index (Phi) is 4.65. The lowest BCUT2D eigenvalue weighted by molar-refractivity contribution is -0.114. The fourth-order valence-corrected chi connectivity index (χ4v) is 2.05. The van der Waals surface area contributed by atoms with Crippen LogP contribution in [0.1, 0.15) is 31.3 Å². The Bertz CT molecular complexity index is 726. The van der Waals surface area contributed by atoms with Gasteiger partial charge in [0.2, 0.25) is 5.91 Å². The average Bonchev–Trinajstić information content (AvgIpc) is 2.45. The number of hydrogen-bond donors (Lipinski definition) is 1. The molecule has 1 amide bonds. The highest BCUT2D eigenvalue weighted by Gasteiger charge is 2.18. The Hall–Kier alpha value is -2.56. The minimum Gasteiger partial charge on any atom is -0.324 e. The number of pyridine rings is 1. The van der Waals surface area contributed by atoms with Gasteiger partial charge in [-0.15, -0.1) is 0 Å². The quantitative estimate of drug-likeness (QED) is 0.876. The fraction of sp³-hybridized carbons (Fsp3) is 0.235. The number of rotatable bonds is 4. The van der Waals surface area contributed by atoms with Crippen molar-refractivity contribution in [1.29, 1.82) is 0 Å². The third-order valence-electron chi connectivity index (χ3n) is 3.11. The molecule has 22 heavy (non-hydrogen) atoms. The number of hydrogen-bond acceptors (Lipinski definition) is 3. The van der Waals surface area contributed by atoms with E-state index in [1.165, 1.54) is 25.3 Å². The van der Waals surface area contributed by atoms with E-state index in [1.54, 1.807) is 32.0 Å². The summed E-state index contributed by atoms with van der Waals surface area (Å²) in [5, 5.41) is 2.62. The third-order valence-corrected chi connectivity index (χ3v) is 3.11. The summed E-state index contributed by atoms with van der Waals surface area (Å²) in [6.07, 6.45) is 1.51. The summed E-state index contributed by atoms with van der Waals surface area (Å²) < 4.78 is 13.3. The SMILES string of the molecule is CC(=O)Nc1cc(-c2cccc(F)c2)cnc1C(=O)C(C)C. The fourth-order valence-electron chi connectivity index (χ4n) is 2.05. The molecule has 0 bridgehead atoms. The molecule has 0 unspecified atom stereocenters. The zero-order valence-electron chi connectivity index (χ0n) is 12.7. The number of carbonyl (C=O) groups is 2. The summed E-state index contributed by atoms with van der Waals surface area (Å²) in [7, 11) is 0. The van der Waals surface area contributed by atoms with Crippen LogP contribution < -0.4 is 5.32 Å². The molecule has 0 saturated carbocycles. The van der Waals surface area contributed by atoms with E-state index in [2.05, 4.69) is 10.3 Å². The number of amides is 1. The summed E-state index contributed by atoms with van der Waals surface area (Å²) >= 11 is 0. The van der Waals surface area contributed by atoms with Crippen molar-refractivity contribution < 1.29 is 14.0 Å². The number of nitrogens with one attached hydrogen (secondary N) is 1. The lowest BCUT2D eigenvalue weighted by Gasteiger charge is -2.12. The van der Waals surface area contributed by atoms with Crippen molar-refractivity contribution in [2.24, 2.45) is 5.92 Å². The Morgan fingerprint density at radius 1 is 1.18 bits per heavy atom. The highest BCUT2D eigenvalue weighted by Crippen LogP contribution is 2.26. The van der Waals surface area contributed by atoms with Gasteiger partial charge in [-0.2, -0.15) is 0 Å². The third kappa shape index (κ3) is 3.55. The molecule has 1 aromatic carbocycles. The van der Waals surface area contributed by atoms with Crippen LogP contribution in [-0.2, 0) is 4.79 Å². The molecule has 4 nitrogen and oxygen atoms in total. The van der Waals surface area contributed by atoms with Crippen molar-refractivity contribution in [2.75, 3.05) is 5.32 Å². The number of carbonyl (C=O) groups excluding carboxylic acids is 2. The molecule has 0 aliphatic heterocycles. The Morgan fingerprint density at radius 2 is 1.91 bits per heavy atom. The van der Waals surface area contributed by atoms with Gasteiger partial charge in [-0.3, -0.25) is 14.6 Å². The second-order valence-corrected chi connectivity index (χ2v) is 5.33. The molecule has 0 aliphatic carbocycles. The maximum absolute atomic E-state index is 13.3. The van der Waals surface area contributed by atoms with Crippen LogP contribution in [0.2, 0.25) is 0 Å². The van der Waals surface area contributed by atoms with Crippen LogP contribution in [0.25, 0.3) is 11.1 Å². The highest BCUT2D eigenvalue weighted by atomic mass is 19.1. The molecule has 2 aromatic rings. The van der Waals surface area contributed by atoms with E-state index in [0.717, 1.165) is 0 Å². The molecule has 0 atom stereocenters. The number of ketones is 1. The monoisotopic (exact) mass is 300 g/mol. The van der Waals surface area contributed by atoms with Crippen LogP contribution >= 0.6 is 0 Å². The van der Waals surface area contributed by atoms with Crippen LogP contribution in [0.4, 0.5) is 10.1 Å². The van der Waals surface area contributed by atoms with Crippen LogP contribution in [0, 0.1) is 11.7 Å². The van der Waals surface area contributed by atoms with Gasteiger partial charge in [-0.25, -0.2) is 4.39 Å². The van der Waals surface area contributed by atoms with Crippen molar-refractivity contribution in [2.45, 2.75) is 20.8 Å². The van der Waals surface area contributed by atoms with Crippen LogP contribution in [0.3, 0.4) is 0 Å². The van der Waals surface area contributed by atoms with Gasteiger partial charge in [0.25, 0.3) is 0 Å². The number of halogens is 1. The number of Topliss-reactive ketones (excluding diaryl/α,β-unsaturated/α-hetero) is 1. The van der Waals surface area contributed by atoms with Gasteiger partial charge < -0.3 is 5.32 Å². The summed E-state index contributed by atoms with van der Waals surface area (Å²) in [6, 6.07) is 7.69. The van der Waals surface area contributed by atoms with Crippen LogP contribution in [0.15, 0.2) is 36.5 Å². The maximum Gasteiger partial charge on any atom is 0.221 e. The molecular formula is C17H17FN2O2. The summed E-state index contributed by atoms with van der Waals surface area (Å²) in [5.41, 5.74) is 1.81. The molecule has 0 aliphatic rings. The van der Waals surface area contributed by atoms with E-state index in [0.29, 0.717) is 16.8 Å². The van der Waals surface area contributed by atoms with Crippen molar-refractivity contribution in [3.8, 4) is 11.1 Å². The van der Waals surface area contributed by atoms with Crippen molar-refractivity contribution >= 4 is 17.4 Å². The lowest BCUT2D eigenvalue weighted by atomic mass is 10.0. The second kappa shape index (κ2) is 6.47. The number of nitrogens with zero attached hydrogens (tertiary/aromatic N) is 1. The van der Waals surface area contributed by atoms with E-state index < -0.39 is 0 Å². The zero-order valence-corrected chi connectivity index (χ0v) is 12.7. The Labute approximate surface area is 128 Å². The van der Waals surface area contributed by atoms with Gasteiger partial charge >= 0.3 is 0 Å². The molecule has 1 heterocycles. The maximum atomic E-state index is 13.3. The predicted octanol–water partition coefficient (Wildman–Crippen LogP) is 3.68. The molecule has 2 rings (SSSR count). The van der Waals surface area contributed by atoms with Crippen molar-refractivity contribution in [3.63, 3.8) is 0 Å². The first-order valence-corrected chi connectivity index (χ1v) is 6.96. The van der Waals surface area contributed by atoms with E-state index in [9.17, 15) is 14.0 Å². The molecule has 0 radical (unpaired) electrons. The van der Waals surface area contributed by atoms with E-state index >= 15 is 0 Å². The smallest absolute Gasteiger partial charge is 0.221 e. The average molecular weight is 300 g/mol. The van der Waals surface area contributed by atoms with Gasteiger partial charge in [0.1, 0.15) is 11.5 Å². The minimum absolute atomic E-state index is 0.158. The van der Waals surface area contributed by atoms with Gasteiger partial charge in [-0.1, -0.05) is 26.0 Å². The Balaban J connectivity index is 2.51. The van der Waals surface area contributed by atoms with Crippen molar-refractivity contribution in [1.82, 2.24) is 4.98 Å². The number of aromatic nitrogens is 1. The highest BCUT2D eigenvalue weighted by molar-refractivity contribution is 6.04.